The minimum absolute atomic E-state index is 0.149. The number of fused-ring (bicyclic) bond motifs is 5. The van der Waals surface area contributed by atoms with E-state index in [1.807, 2.05) is 37.3 Å². The molecule has 3 aliphatic rings. The Bertz CT molecular complexity index is 1430. The maximum absolute atomic E-state index is 13.6. The van der Waals surface area contributed by atoms with Gasteiger partial charge in [0.25, 0.3) is 0 Å². The summed E-state index contributed by atoms with van der Waals surface area (Å²) in [6, 6.07) is 23.7. The fraction of sp³-hybridized carbons (Fsp3) is 0.312. The Morgan fingerprint density at radius 1 is 0.842 bits per heavy atom. The van der Waals surface area contributed by atoms with Gasteiger partial charge < -0.3 is 4.74 Å². The number of carbonyl (C=O) groups excluding carboxylic acids is 4. The van der Waals surface area contributed by atoms with E-state index in [-0.39, 0.29) is 52.8 Å². The molecule has 192 valence electrons. The number of hydrogen-bond acceptors (Lipinski definition) is 5. The molecular formula is C32H29NO5. The van der Waals surface area contributed by atoms with Crippen LogP contribution in [0.4, 0.5) is 5.69 Å². The molecule has 0 radical (unpaired) electrons. The lowest BCUT2D eigenvalue weighted by Gasteiger charge is -2.28. The summed E-state index contributed by atoms with van der Waals surface area (Å²) in [5.74, 6) is -1.32. The second-order valence-electron chi connectivity index (χ2n) is 10.8. The Labute approximate surface area is 221 Å². The summed E-state index contributed by atoms with van der Waals surface area (Å²) in [5, 5.41) is 0. The van der Waals surface area contributed by atoms with Crippen LogP contribution in [-0.4, -0.2) is 29.7 Å². The van der Waals surface area contributed by atoms with Gasteiger partial charge in [-0.15, -0.1) is 0 Å². The van der Waals surface area contributed by atoms with E-state index >= 15 is 0 Å². The van der Waals surface area contributed by atoms with E-state index in [1.54, 1.807) is 30.3 Å². The molecule has 3 fully saturated rings. The summed E-state index contributed by atoms with van der Waals surface area (Å²) in [7, 11) is 0. The highest BCUT2D eigenvalue weighted by atomic mass is 16.5. The fourth-order valence-electron chi connectivity index (χ4n) is 6.80. The monoisotopic (exact) mass is 507 g/mol. The van der Waals surface area contributed by atoms with Gasteiger partial charge in [0.2, 0.25) is 17.6 Å². The average Bonchev–Trinajstić information content (AvgIpc) is 3.60. The zero-order chi connectivity index (χ0) is 26.6. The van der Waals surface area contributed by atoms with E-state index in [2.05, 4.69) is 12.1 Å². The largest absolute Gasteiger partial charge is 0.451 e. The number of aryl methyl sites for hydroxylation is 1. The Kier molecular flexibility index (Phi) is 5.98. The number of ether oxygens (including phenoxy) is 1. The number of hydrogen-bond donors (Lipinski definition) is 0. The highest BCUT2D eigenvalue weighted by molar-refractivity contribution is 6.23. The predicted molar refractivity (Wildman–Crippen MR) is 142 cm³/mol. The van der Waals surface area contributed by atoms with E-state index < -0.39 is 12.1 Å². The van der Waals surface area contributed by atoms with Crippen LogP contribution in [0.2, 0.25) is 0 Å². The van der Waals surface area contributed by atoms with Crippen LogP contribution < -0.4 is 4.90 Å². The van der Waals surface area contributed by atoms with Gasteiger partial charge in [0.05, 0.1) is 23.1 Å². The highest BCUT2D eigenvalue weighted by Gasteiger charge is 2.64. The lowest BCUT2D eigenvalue weighted by atomic mass is 9.73. The first-order valence-electron chi connectivity index (χ1n) is 13.2. The molecule has 6 rings (SSSR count). The van der Waals surface area contributed by atoms with Crippen molar-refractivity contribution in [2.45, 2.75) is 38.7 Å². The third-order valence-corrected chi connectivity index (χ3v) is 8.57. The number of benzene rings is 3. The summed E-state index contributed by atoms with van der Waals surface area (Å²) >= 11 is 0. The molecule has 0 spiro atoms. The molecule has 1 heterocycles. The molecule has 3 aromatic rings. The van der Waals surface area contributed by atoms with Crippen LogP contribution in [0.5, 0.6) is 0 Å². The Morgan fingerprint density at radius 2 is 1.55 bits per heavy atom. The zero-order valence-corrected chi connectivity index (χ0v) is 21.4. The molecule has 6 heteroatoms. The standard InChI is InChI=1S/C32H29NO5/c1-18-11-13-21(14-12-18)29(34)19(2)38-32(37)22-9-6-10-24(15-22)33-30(35)27-23-16-25(20-7-4-3-5-8-20)26(17-23)28(27)31(33)36/h3-15,19,23,25-28H,16-17H2,1-2H3/t19-,23-,25+,26-,27-,28+/m1/s1. The van der Waals surface area contributed by atoms with Crippen LogP contribution in [0.15, 0.2) is 78.9 Å². The van der Waals surface area contributed by atoms with Gasteiger partial charge >= 0.3 is 5.97 Å². The number of anilines is 1. The SMILES string of the molecule is Cc1ccc(C(=O)[C@@H](C)OC(=O)c2cccc(N3C(=O)[C@@H]4[C@H]5C[C@@H]([C@@H]4C3=O)[C@H](c3ccccc3)C5)c2)cc1. The molecule has 2 saturated carbocycles. The maximum atomic E-state index is 13.6. The second-order valence-corrected chi connectivity index (χ2v) is 10.8. The first-order chi connectivity index (χ1) is 18.3. The summed E-state index contributed by atoms with van der Waals surface area (Å²) in [4.78, 5) is 54.0. The molecule has 6 nitrogen and oxygen atoms in total. The van der Waals surface area contributed by atoms with Gasteiger partial charge in [-0.1, -0.05) is 66.2 Å². The first-order valence-corrected chi connectivity index (χ1v) is 13.2. The van der Waals surface area contributed by atoms with Crippen molar-refractivity contribution in [2.75, 3.05) is 4.90 Å². The van der Waals surface area contributed by atoms with Crippen LogP contribution in [-0.2, 0) is 14.3 Å². The van der Waals surface area contributed by atoms with E-state index in [9.17, 15) is 19.2 Å². The topological polar surface area (TPSA) is 80.8 Å². The average molecular weight is 508 g/mol. The quantitative estimate of drug-likeness (QED) is 0.255. The van der Waals surface area contributed by atoms with Gasteiger partial charge in [0.1, 0.15) is 0 Å². The number of esters is 1. The Hall–Kier alpha value is -4.06. The minimum Gasteiger partial charge on any atom is -0.451 e. The third-order valence-electron chi connectivity index (χ3n) is 8.57. The van der Waals surface area contributed by atoms with Crippen LogP contribution in [0.25, 0.3) is 0 Å². The van der Waals surface area contributed by atoms with Crippen molar-refractivity contribution in [1.29, 1.82) is 0 Å². The molecule has 3 aromatic carbocycles. The number of rotatable bonds is 6. The smallest absolute Gasteiger partial charge is 0.338 e. The summed E-state index contributed by atoms with van der Waals surface area (Å²) in [5.41, 5.74) is 3.29. The number of imide groups is 1. The fourth-order valence-corrected chi connectivity index (χ4v) is 6.80. The van der Waals surface area contributed by atoms with E-state index in [1.165, 1.54) is 23.5 Å². The van der Waals surface area contributed by atoms with E-state index in [0.29, 0.717) is 11.3 Å². The minimum atomic E-state index is -0.978. The van der Waals surface area contributed by atoms with Crippen LogP contribution >= 0.6 is 0 Å². The highest BCUT2D eigenvalue weighted by Crippen LogP contribution is 2.61. The molecule has 6 atom stereocenters. The van der Waals surface area contributed by atoms with Crippen LogP contribution in [0.3, 0.4) is 0 Å². The Balaban J connectivity index is 1.19. The Morgan fingerprint density at radius 3 is 2.29 bits per heavy atom. The van der Waals surface area contributed by atoms with Gasteiger partial charge in [-0.3, -0.25) is 19.3 Å². The van der Waals surface area contributed by atoms with Crippen molar-refractivity contribution in [3.8, 4) is 0 Å². The summed E-state index contributed by atoms with van der Waals surface area (Å²) in [6.45, 7) is 3.47. The number of Topliss-reactive ketones (excluding diaryl/α,β-unsaturated/α-hetero) is 1. The number of nitrogens with zero attached hydrogens (tertiary/aromatic N) is 1. The van der Waals surface area contributed by atoms with Crippen LogP contribution in [0, 0.1) is 30.6 Å². The molecule has 38 heavy (non-hydrogen) atoms. The van der Waals surface area contributed by atoms with Gasteiger partial charge in [0, 0.05) is 5.56 Å². The van der Waals surface area contributed by atoms with Gasteiger partial charge in [-0.25, -0.2) is 4.79 Å². The maximum Gasteiger partial charge on any atom is 0.338 e. The molecule has 1 saturated heterocycles. The van der Waals surface area contributed by atoms with Crippen molar-refractivity contribution in [1.82, 2.24) is 0 Å². The van der Waals surface area contributed by atoms with Crippen molar-refractivity contribution >= 4 is 29.3 Å². The molecule has 0 N–H and O–H groups in total. The number of amides is 2. The lowest BCUT2D eigenvalue weighted by molar-refractivity contribution is -0.123. The van der Waals surface area contributed by atoms with Gasteiger partial charge in [-0.2, -0.15) is 0 Å². The summed E-state index contributed by atoms with van der Waals surface area (Å²) < 4.78 is 5.46. The molecule has 0 aromatic heterocycles. The second kappa shape index (κ2) is 9.35. The number of ketones is 1. The van der Waals surface area contributed by atoms with Crippen molar-refractivity contribution in [3.63, 3.8) is 0 Å². The van der Waals surface area contributed by atoms with Crippen molar-refractivity contribution < 1.29 is 23.9 Å². The van der Waals surface area contributed by atoms with Crippen LogP contribution in [0.1, 0.15) is 57.5 Å². The lowest BCUT2D eigenvalue weighted by Crippen LogP contribution is -2.33. The molecule has 2 bridgehead atoms. The summed E-state index contributed by atoms with van der Waals surface area (Å²) in [6.07, 6.45) is 0.843. The van der Waals surface area contributed by atoms with Gasteiger partial charge in [0.15, 0.2) is 6.10 Å². The molecule has 2 aliphatic carbocycles. The molecule has 2 amide bonds. The van der Waals surface area contributed by atoms with Crippen molar-refractivity contribution in [2.24, 2.45) is 23.7 Å². The third kappa shape index (κ3) is 3.95. The van der Waals surface area contributed by atoms with Crippen molar-refractivity contribution in [3.05, 3.63) is 101 Å². The molecular weight excluding hydrogens is 478 g/mol. The zero-order valence-electron chi connectivity index (χ0n) is 21.4. The first kappa shape index (κ1) is 24.3. The van der Waals surface area contributed by atoms with E-state index in [4.69, 9.17) is 4.74 Å². The van der Waals surface area contributed by atoms with Gasteiger partial charge in [-0.05, 0) is 68.2 Å². The van der Waals surface area contributed by atoms with E-state index in [0.717, 1.165) is 18.4 Å². The number of carbonyl (C=O) groups is 4. The normalized spacial score (nSPS) is 26.4. The molecule has 0 unspecified atom stereocenters. The molecule has 1 aliphatic heterocycles. The predicted octanol–water partition coefficient (Wildman–Crippen LogP) is 5.35.